The van der Waals surface area contributed by atoms with Gasteiger partial charge < -0.3 is 11.1 Å². The van der Waals surface area contributed by atoms with Crippen molar-refractivity contribution in [3.63, 3.8) is 0 Å². The van der Waals surface area contributed by atoms with Crippen LogP contribution in [0.4, 0.5) is 5.82 Å². The third kappa shape index (κ3) is 3.40. The molecular formula is C23H19N3O. The standard InChI is InChI=1S/C23H19N3O/c1-2-16-3-5-18(6-4-16)22(27)26-23(13-14-23)20-10-7-17(8-11-20)19-9-12-21(24)25-15-19/h1,3-12,15H,13-14H2,(H2,24,25)(H,26,27). The maximum atomic E-state index is 12.6. The predicted molar refractivity (Wildman–Crippen MR) is 107 cm³/mol. The van der Waals surface area contributed by atoms with E-state index in [4.69, 9.17) is 12.2 Å². The second-order valence-corrected chi connectivity index (χ2v) is 6.81. The molecule has 0 saturated heterocycles. The second-order valence-electron chi connectivity index (χ2n) is 6.81. The molecule has 4 rings (SSSR count). The molecule has 4 nitrogen and oxygen atoms in total. The highest BCUT2D eigenvalue weighted by Crippen LogP contribution is 2.46. The fourth-order valence-electron chi connectivity index (χ4n) is 3.18. The molecule has 3 N–H and O–H groups in total. The number of aromatic nitrogens is 1. The van der Waals surface area contributed by atoms with Crippen molar-refractivity contribution in [2.45, 2.75) is 18.4 Å². The summed E-state index contributed by atoms with van der Waals surface area (Å²) >= 11 is 0. The summed E-state index contributed by atoms with van der Waals surface area (Å²) in [6.07, 6.45) is 9.00. The molecule has 132 valence electrons. The average Bonchev–Trinajstić information content (AvgIpc) is 3.49. The SMILES string of the molecule is C#Cc1ccc(C(=O)NC2(c3ccc(-c4ccc(N)nc4)cc3)CC2)cc1. The van der Waals surface area contributed by atoms with Gasteiger partial charge in [-0.2, -0.15) is 0 Å². The highest BCUT2D eigenvalue weighted by atomic mass is 16.1. The van der Waals surface area contributed by atoms with Gasteiger partial charge in [0, 0.05) is 22.9 Å². The molecular weight excluding hydrogens is 334 g/mol. The van der Waals surface area contributed by atoms with Crippen LogP contribution in [0.5, 0.6) is 0 Å². The molecule has 4 heteroatoms. The van der Waals surface area contributed by atoms with Gasteiger partial charge in [0.2, 0.25) is 0 Å². The number of terminal acetylenes is 1. The molecule has 1 aliphatic rings. The van der Waals surface area contributed by atoms with Crippen LogP contribution in [0.1, 0.15) is 34.3 Å². The van der Waals surface area contributed by atoms with E-state index in [-0.39, 0.29) is 11.4 Å². The molecule has 1 heterocycles. The molecule has 0 unspecified atom stereocenters. The van der Waals surface area contributed by atoms with Gasteiger partial charge in [-0.15, -0.1) is 6.42 Å². The first kappa shape index (κ1) is 16.9. The van der Waals surface area contributed by atoms with Crippen LogP contribution in [-0.4, -0.2) is 10.9 Å². The number of hydrogen-bond donors (Lipinski definition) is 2. The molecule has 0 bridgehead atoms. The van der Waals surface area contributed by atoms with Gasteiger partial charge in [-0.05, 0) is 60.4 Å². The monoisotopic (exact) mass is 353 g/mol. The van der Waals surface area contributed by atoms with Crippen LogP contribution in [0.15, 0.2) is 66.9 Å². The van der Waals surface area contributed by atoms with Crippen molar-refractivity contribution in [3.8, 4) is 23.5 Å². The maximum absolute atomic E-state index is 12.6. The summed E-state index contributed by atoms with van der Waals surface area (Å²) in [5.41, 5.74) is 9.94. The van der Waals surface area contributed by atoms with E-state index in [0.717, 1.165) is 35.1 Å². The van der Waals surface area contributed by atoms with Crippen LogP contribution >= 0.6 is 0 Å². The van der Waals surface area contributed by atoms with Gasteiger partial charge in [0.15, 0.2) is 0 Å². The summed E-state index contributed by atoms with van der Waals surface area (Å²) in [7, 11) is 0. The zero-order valence-electron chi connectivity index (χ0n) is 14.8. The Hall–Kier alpha value is -3.58. The lowest BCUT2D eigenvalue weighted by Crippen LogP contribution is -2.34. The number of carbonyl (C=O) groups is 1. The van der Waals surface area contributed by atoms with Gasteiger partial charge in [-0.1, -0.05) is 30.2 Å². The molecule has 1 saturated carbocycles. The van der Waals surface area contributed by atoms with E-state index in [9.17, 15) is 4.79 Å². The Kier molecular flexibility index (Phi) is 4.13. The van der Waals surface area contributed by atoms with Gasteiger partial charge in [-0.25, -0.2) is 4.98 Å². The minimum absolute atomic E-state index is 0.0807. The maximum Gasteiger partial charge on any atom is 0.251 e. The molecule has 1 amide bonds. The fraction of sp³-hybridized carbons (Fsp3) is 0.130. The first-order valence-corrected chi connectivity index (χ1v) is 8.81. The van der Waals surface area contributed by atoms with Gasteiger partial charge in [0.25, 0.3) is 5.91 Å². The lowest BCUT2D eigenvalue weighted by molar-refractivity contribution is 0.0931. The molecule has 0 aliphatic heterocycles. The zero-order valence-corrected chi connectivity index (χ0v) is 14.8. The molecule has 1 aliphatic carbocycles. The Bertz CT molecular complexity index is 1010. The number of nitrogens with zero attached hydrogens (tertiary/aromatic N) is 1. The Morgan fingerprint density at radius 3 is 2.22 bits per heavy atom. The summed E-state index contributed by atoms with van der Waals surface area (Å²) in [5.74, 6) is 2.98. The van der Waals surface area contributed by atoms with Gasteiger partial charge in [-0.3, -0.25) is 4.79 Å². The van der Waals surface area contributed by atoms with Crippen molar-refractivity contribution in [1.82, 2.24) is 10.3 Å². The van der Waals surface area contributed by atoms with E-state index in [1.54, 1.807) is 36.5 Å². The topological polar surface area (TPSA) is 68.0 Å². The van der Waals surface area contributed by atoms with Crippen LogP contribution in [0.25, 0.3) is 11.1 Å². The number of hydrogen-bond acceptors (Lipinski definition) is 3. The van der Waals surface area contributed by atoms with Crippen molar-refractivity contribution in [2.75, 3.05) is 5.73 Å². The Balaban J connectivity index is 1.51. The van der Waals surface area contributed by atoms with E-state index < -0.39 is 0 Å². The lowest BCUT2D eigenvalue weighted by Gasteiger charge is -2.18. The highest BCUT2D eigenvalue weighted by Gasteiger charge is 2.45. The number of carbonyl (C=O) groups excluding carboxylic acids is 1. The minimum Gasteiger partial charge on any atom is -0.384 e. The van der Waals surface area contributed by atoms with Crippen molar-refractivity contribution >= 4 is 11.7 Å². The molecule has 0 radical (unpaired) electrons. The van der Waals surface area contributed by atoms with Gasteiger partial charge in [0.1, 0.15) is 5.82 Å². The second kappa shape index (κ2) is 6.62. The summed E-state index contributed by atoms with van der Waals surface area (Å²) in [6.45, 7) is 0. The van der Waals surface area contributed by atoms with Crippen molar-refractivity contribution < 1.29 is 4.79 Å². The first-order chi connectivity index (χ1) is 13.1. The minimum atomic E-state index is -0.278. The number of amides is 1. The summed E-state index contributed by atoms with van der Waals surface area (Å²) in [4.78, 5) is 16.7. The molecule has 0 atom stereocenters. The molecule has 27 heavy (non-hydrogen) atoms. The molecule has 2 aromatic carbocycles. The van der Waals surface area contributed by atoms with Gasteiger partial charge >= 0.3 is 0 Å². The third-order valence-electron chi connectivity index (χ3n) is 4.97. The highest BCUT2D eigenvalue weighted by molar-refractivity contribution is 5.95. The van der Waals surface area contributed by atoms with Crippen molar-refractivity contribution in [3.05, 3.63) is 83.6 Å². The molecule has 0 spiro atoms. The van der Waals surface area contributed by atoms with E-state index >= 15 is 0 Å². The van der Waals surface area contributed by atoms with Crippen LogP contribution in [-0.2, 0) is 5.54 Å². The number of benzene rings is 2. The summed E-state index contributed by atoms with van der Waals surface area (Å²) < 4.78 is 0. The average molecular weight is 353 g/mol. The lowest BCUT2D eigenvalue weighted by atomic mass is 9.99. The summed E-state index contributed by atoms with van der Waals surface area (Å²) in [5, 5.41) is 3.18. The summed E-state index contributed by atoms with van der Waals surface area (Å²) in [6, 6.07) is 19.1. The Morgan fingerprint density at radius 2 is 1.67 bits per heavy atom. The van der Waals surface area contributed by atoms with Crippen LogP contribution < -0.4 is 11.1 Å². The number of rotatable bonds is 4. The Labute approximate surface area is 158 Å². The number of nitrogens with two attached hydrogens (primary N) is 1. The third-order valence-corrected chi connectivity index (χ3v) is 4.97. The van der Waals surface area contributed by atoms with Crippen LogP contribution in [0.3, 0.4) is 0 Å². The number of nitrogens with one attached hydrogen (secondary N) is 1. The normalized spacial score (nSPS) is 14.2. The van der Waals surface area contributed by atoms with E-state index in [1.165, 1.54) is 0 Å². The Morgan fingerprint density at radius 1 is 1.00 bits per heavy atom. The number of nitrogen functional groups attached to an aromatic ring is 1. The van der Waals surface area contributed by atoms with E-state index in [1.807, 2.05) is 6.07 Å². The molecule has 1 fully saturated rings. The molecule has 1 aromatic heterocycles. The number of pyridine rings is 1. The molecule has 3 aromatic rings. The van der Waals surface area contributed by atoms with Crippen LogP contribution in [0, 0.1) is 12.3 Å². The zero-order chi connectivity index (χ0) is 18.9. The van der Waals surface area contributed by atoms with Crippen molar-refractivity contribution in [1.29, 1.82) is 0 Å². The quantitative estimate of drug-likeness (QED) is 0.702. The predicted octanol–water partition coefficient (Wildman–Crippen LogP) is 3.73. The smallest absolute Gasteiger partial charge is 0.251 e. The largest absolute Gasteiger partial charge is 0.384 e. The van der Waals surface area contributed by atoms with Crippen LogP contribution in [0.2, 0.25) is 0 Å². The first-order valence-electron chi connectivity index (χ1n) is 8.81. The van der Waals surface area contributed by atoms with Gasteiger partial charge in [0.05, 0.1) is 5.54 Å². The van der Waals surface area contributed by atoms with E-state index in [2.05, 4.69) is 40.5 Å². The van der Waals surface area contributed by atoms with Crippen molar-refractivity contribution in [2.24, 2.45) is 0 Å². The fourth-order valence-corrected chi connectivity index (χ4v) is 3.18. The number of anilines is 1. The van der Waals surface area contributed by atoms with E-state index in [0.29, 0.717) is 11.4 Å².